The smallest absolute Gasteiger partial charge is 0.238 e. The summed E-state index contributed by atoms with van der Waals surface area (Å²) in [6.45, 7) is 5.03. The third kappa shape index (κ3) is 5.39. The molecule has 1 aromatic carbocycles. The number of hydrogen-bond donors (Lipinski definition) is 1. The molecule has 1 aromatic rings. The summed E-state index contributed by atoms with van der Waals surface area (Å²) in [4.78, 5) is 17.1. The van der Waals surface area contributed by atoms with E-state index in [1.165, 1.54) is 32.4 Å². The fraction of sp³-hybridized carbons (Fsp3) is 0.667. The van der Waals surface area contributed by atoms with Gasteiger partial charge in [-0.25, -0.2) is 0 Å². The number of nitrogens with one attached hydrogen (secondary N) is 1. The molecule has 1 saturated carbocycles. The highest BCUT2D eigenvalue weighted by molar-refractivity contribution is 7.99. The maximum atomic E-state index is 12.2. The molecule has 0 unspecified atom stereocenters. The standard InChI is InChI=1S/C21H31N3O2S/c25-21(16-23-10-12-27-13-11-23)22-17-4-6-19(7-5-17)26-20-14-18(15-20)24-8-2-1-3-9-24/h4-7,18,20H,1-3,8-16H2,(H,22,25). The van der Waals surface area contributed by atoms with E-state index in [1.54, 1.807) is 0 Å². The lowest BCUT2D eigenvalue weighted by atomic mass is 9.86. The predicted octanol–water partition coefficient (Wildman–Crippen LogP) is 3.07. The van der Waals surface area contributed by atoms with Crippen LogP contribution >= 0.6 is 11.8 Å². The van der Waals surface area contributed by atoms with Crippen LogP contribution in [0.1, 0.15) is 32.1 Å². The van der Waals surface area contributed by atoms with Crippen LogP contribution in [0.2, 0.25) is 0 Å². The van der Waals surface area contributed by atoms with Crippen molar-refractivity contribution in [2.24, 2.45) is 0 Å². The maximum Gasteiger partial charge on any atom is 0.238 e. The van der Waals surface area contributed by atoms with Crippen LogP contribution in [0.15, 0.2) is 24.3 Å². The lowest BCUT2D eigenvalue weighted by Gasteiger charge is -2.44. The van der Waals surface area contributed by atoms with Crippen LogP contribution in [-0.2, 0) is 4.79 Å². The molecule has 0 aromatic heterocycles. The normalized spacial score (nSPS) is 27.0. The summed E-state index contributed by atoms with van der Waals surface area (Å²) < 4.78 is 6.10. The van der Waals surface area contributed by atoms with Crippen molar-refractivity contribution >= 4 is 23.4 Å². The topological polar surface area (TPSA) is 44.8 Å². The Labute approximate surface area is 166 Å². The number of amides is 1. The van der Waals surface area contributed by atoms with E-state index in [0.29, 0.717) is 12.6 Å². The van der Waals surface area contributed by atoms with E-state index in [2.05, 4.69) is 15.1 Å². The molecule has 5 nitrogen and oxygen atoms in total. The molecule has 6 heteroatoms. The number of anilines is 1. The van der Waals surface area contributed by atoms with E-state index in [1.807, 2.05) is 36.0 Å². The van der Waals surface area contributed by atoms with E-state index in [4.69, 9.17) is 4.74 Å². The summed E-state index contributed by atoms with van der Waals surface area (Å²) in [5.41, 5.74) is 0.846. The van der Waals surface area contributed by atoms with E-state index in [9.17, 15) is 4.79 Å². The maximum absolute atomic E-state index is 12.2. The van der Waals surface area contributed by atoms with Crippen LogP contribution in [0.5, 0.6) is 5.75 Å². The molecule has 3 fully saturated rings. The first kappa shape index (κ1) is 19.1. The Kier molecular flexibility index (Phi) is 6.58. The number of hydrogen-bond acceptors (Lipinski definition) is 5. The van der Waals surface area contributed by atoms with Gasteiger partial charge in [0, 0.05) is 49.2 Å². The molecule has 1 aliphatic carbocycles. The van der Waals surface area contributed by atoms with Gasteiger partial charge >= 0.3 is 0 Å². The van der Waals surface area contributed by atoms with Gasteiger partial charge < -0.3 is 15.0 Å². The first-order valence-corrected chi connectivity index (χ1v) is 11.5. The summed E-state index contributed by atoms with van der Waals surface area (Å²) in [6.07, 6.45) is 6.73. The number of likely N-dealkylation sites (tertiary alicyclic amines) is 1. The summed E-state index contributed by atoms with van der Waals surface area (Å²) in [6, 6.07) is 8.56. The van der Waals surface area contributed by atoms with Gasteiger partial charge in [-0.2, -0.15) is 11.8 Å². The van der Waals surface area contributed by atoms with Crippen molar-refractivity contribution in [2.75, 3.05) is 49.5 Å². The Balaban J connectivity index is 1.18. The number of carbonyl (C=O) groups excluding carboxylic acids is 1. The third-order valence-corrected chi connectivity index (χ3v) is 6.83. The number of benzene rings is 1. The van der Waals surface area contributed by atoms with Crippen molar-refractivity contribution < 1.29 is 9.53 Å². The van der Waals surface area contributed by atoms with Gasteiger partial charge in [0.1, 0.15) is 11.9 Å². The minimum atomic E-state index is 0.0685. The van der Waals surface area contributed by atoms with Gasteiger partial charge in [-0.15, -0.1) is 0 Å². The number of nitrogens with zero attached hydrogens (tertiary/aromatic N) is 2. The number of rotatable bonds is 6. The molecule has 0 spiro atoms. The first-order chi connectivity index (χ1) is 13.3. The van der Waals surface area contributed by atoms with Gasteiger partial charge in [-0.05, 0) is 50.2 Å². The highest BCUT2D eigenvalue weighted by atomic mass is 32.2. The minimum Gasteiger partial charge on any atom is -0.490 e. The number of carbonyl (C=O) groups is 1. The van der Waals surface area contributed by atoms with Crippen molar-refractivity contribution in [1.82, 2.24) is 9.80 Å². The highest BCUT2D eigenvalue weighted by Gasteiger charge is 2.35. The van der Waals surface area contributed by atoms with Gasteiger partial charge in [-0.1, -0.05) is 6.42 Å². The van der Waals surface area contributed by atoms with Gasteiger partial charge in [-0.3, -0.25) is 9.69 Å². The van der Waals surface area contributed by atoms with Gasteiger partial charge in [0.2, 0.25) is 5.91 Å². The zero-order chi connectivity index (χ0) is 18.5. The van der Waals surface area contributed by atoms with Crippen molar-refractivity contribution in [3.63, 3.8) is 0 Å². The zero-order valence-corrected chi connectivity index (χ0v) is 16.9. The molecule has 27 heavy (non-hydrogen) atoms. The monoisotopic (exact) mass is 389 g/mol. The van der Waals surface area contributed by atoms with Gasteiger partial charge in [0.15, 0.2) is 0 Å². The van der Waals surface area contributed by atoms with E-state index in [0.717, 1.165) is 54.9 Å². The van der Waals surface area contributed by atoms with Crippen molar-refractivity contribution in [3.05, 3.63) is 24.3 Å². The largest absolute Gasteiger partial charge is 0.490 e. The molecule has 2 aliphatic heterocycles. The molecular weight excluding hydrogens is 358 g/mol. The molecule has 0 radical (unpaired) electrons. The molecule has 1 amide bonds. The predicted molar refractivity (Wildman–Crippen MR) is 112 cm³/mol. The molecule has 2 saturated heterocycles. The van der Waals surface area contributed by atoms with E-state index < -0.39 is 0 Å². The van der Waals surface area contributed by atoms with Crippen LogP contribution < -0.4 is 10.1 Å². The van der Waals surface area contributed by atoms with Crippen LogP contribution in [-0.4, -0.2) is 72.1 Å². The zero-order valence-electron chi connectivity index (χ0n) is 16.1. The Bertz CT molecular complexity index is 606. The Morgan fingerprint density at radius 2 is 1.74 bits per heavy atom. The van der Waals surface area contributed by atoms with E-state index in [-0.39, 0.29) is 5.91 Å². The highest BCUT2D eigenvalue weighted by Crippen LogP contribution is 2.31. The number of piperidine rings is 1. The van der Waals surface area contributed by atoms with Crippen LogP contribution in [0, 0.1) is 0 Å². The van der Waals surface area contributed by atoms with Gasteiger partial charge in [0.05, 0.1) is 6.54 Å². The second-order valence-electron chi connectivity index (χ2n) is 7.92. The molecule has 4 rings (SSSR count). The number of ether oxygens (including phenoxy) is 1. The molecule has 3 aliphatic rings. The fourth-order valence-corrected chi connectivity index (χ4v) is 5.17. The first-order valence-electron chi connectivity index (χ1n) is 10.4. The molecular formula is C21H31N3O2S. The Morgan fingerprint density at radius 1 is 1.04 bits per heavy atom. The van der Waals surface area contributed by atoms with Crippen LogP contribution in [0.3, 0.4) is 0 Å². The van der Waals surface area contributed by atoms with E-state index >= 15 is 0 Å². The second-order valence-corrected chi connectivity index (χ2v) is 9.15. The number of thioether (sulfide) groups is 1. The van der Waals surface area contributed by atoms with Crippen molar-refractivity contribution in [2.45, 2.75) is 44.2 Å². The fourth-order valence-electron chi connectivity index (χ4n) is 4.19. The van der Waals surface area contributed by atoms with Crippen LogP contribution in [0.4, 0.5) is 5.69 Å². The van der Waals surface area contributed by atoms with Crippen molar-refractivity contribution in [3.8, 4) is 5.75 Å². The summed E-state index contributed by atoms with van der Waals surface area (Å²) in [7, 11) is 0. The van der Waals surface area contributed by atoms with Crippen LogP contribution in [0.25, 0.3) is 0 Å². The third-order valence-electron chi connectivity index (χ3n) is 5.89. The Hall–Kier alpha value is -1.24. The van der Waals surface area contributed by atoms with Gasteiger partial charge in [0.25, 0.3) is 0 Å². The quantitative estimate of drug-likeness (QED) is 0.810. The second kappa shape index (κ2) is 9.30. The average Bonchev–Trinajstić information content (AvgIpc) is 2.67. The minimum absolute atomic E-state index is 0.0685. The molecule has 1 N–H and O–H groups in total. The molecule has 2 heterocycles. The summed E-state index contributed by atoms with van der Waals surface area (Å²) in [5.74, 6) is 3.22. The average molecular weight is 390 g/mol. The SMILES string of the molecule is O=C(CN1CCSCC1)Nc1ccc(OC2CC(N3CCCCC3)C2)cc1. The summed E-state index contributed by atoms with van der Waals surface area (Å²) >= 11 is 1.96. The lowest BCUT2D eigenvalue weighted by Crippen LogP contribution is -2.50. The molecule has 0 bridgehead atoms. The summed E-state index contributed by atoms with van der Waals surface area (Å²) in [5, 5.41) is 3.00. The lowest BCUT2D eigenvalue weighted by molar-refractivity contribution is -0.117. The molecule has 0 atom stereocenters. The Morgan fingerprint density at radius 3 is 2.44 bits per heavy atom. The molecule has 148 valence electrons. The van der Waals surface area contributed by atoms with Crippen molar-refractivity contribution in [1.29, 1.82) is 0 Å².